The summed E-state index contributed by atoms with van der Waals surface area (Å²) >= 11 is 0. The normalized spacial score (nSPS) is 22.0. The monoisotopic (exact) mass is 327 g/mol. The van der Waals surface area contributed by atoms with E-state index in [1.807, 2.05) is 24.3 Å². The fraction of sp³-hybridized carbons (Fsp3) is 0.533. The number of carbonyl (C=O) groups is 1. The summed E-state index contributed by atoms with van der Waals surface area (Å²) < 4.78 is 36.1. The van der Waals surface area contributed by atoms with E-state index >= 15 is 0 Å². The molecule has 1 aliphatic rings. The molecule has 0 spiro atoms. The quantitative estimate of drug-likeness (QED) is 0.816. The highest BCUT2D eigenvalue weighted by Gasteiger charge is 2.46. The first kappa shape index (κ1) is 16.8. The predicted molar refractivity (Wildman–Crippen MR) is 82.2 cm³/mol. The second-order valence-electron chi connectivity index (χ2n) is 5.48. The van der Waals surface area contributed by atoms with Crippen LogP contribution in [0.15, 0.2) is 24.3 Å². The number of amides is 1. The van der Waals surface area contributed by atoms with Gasteiger partial charge in [-0.3, -0.25) is 9.52 Å². The Morgan fingerprint density at radius 1 is 1.36 bits per heavy atom. The number of carbonyl (C=O) groups excluding carboxylic acids is 1. The first-order valence-electron chi connectivity index (χ1n) is 7.08. The molecule has 0 radical (unpaired) electrons. The van der Waals surface area contributed by atoms with Gasteiger partial charge in [0.25, 0.3) is 0 Å². The molecule has 1 saturated carbocycles. The van der Waals surface area contributed by atoms with Crippen LogP contribution in [-0.4, -0.2) is 40.4 Å². The molecule has 1 aliphatic carbocycles. The molecule has 7 heteroatoms. The van der Waals surface area contributed by atoms with E-state index in [0.29, 0.717) is 6.42 Å². The summed E-state index contributed by atoms with van der Waals surface area (Å²) in [6, 6.07) is 7.47. The van der Waals surface area contributed by atoms with Crippen LogP contribution in [0.1, 0.15) is 24.8 Å². The Balaban J connectivity index is 1.99. The molecule has 3 atom stereocenters. The molecule has 0 unspecified atom stereocenters. The van der Waals surface area contributed by atoms with Crippen molar-refractivity contribution in [2.24, 2.45) is 5.92 Å². The number of rotatable bonds is 7. The summed E-state index contributed by atoms with van der Waals surface area (Å²) in [7, 11) is -0.667. The Kier molecular flexibility index (Phi) is 5.08. The number of sulfonamides is 1. The van der Waals surface area contributed by atoms with Gasteiger partial charge in [0.1, 0.15) is 5.75 Å². The van der Waals surface area contributed by atoms with E-state index in [-0.39, 0.29) is 17.6 Å². The summed E-state index contributed by atoms with van der Waals surface area (Å²) in [5.41, 5.74) is 0.938. The maximum absolute atomic E-state index is 12.1. The molecule has 0 bridgehead atoms. The highest BCUT2D eigenvalue weighted by atomic mass is 32.2. The fourth-order valence-electron chi connectivity index (χ4n) is 2.45. The van der Waals surface area contributed by atoms with E-state index in [1.54, 1.807) is 14.0 Å². The zero-order chi connectivity index (χ0) is 16.3. The second-order valence-corrected chi connectivity index (χ2v) is 7.25. The lowest BCUT2D eigenvalue weighted by Crippen LogP contribution is -2.37. The number of hydrogen-bond acceptors (Lipinski definition) is 5. The number of hydrogen-bond donors (Lipinski definition) is 1. The number of benzene rings is 1. The molecule has 2 rings (SSSR count). The lowest BCUT2D eigenvalue weighted by Gasteiger charge is -2.11. The van der Waals surface area contributed by atoms with Gasteiger partial charge in [-0.15, -0.1) is 0 Å². The first-order chi connectivity index (χ1) is 10.4. The molecule has 1 aromatic rings. The largest absolute Gasteiger partial charge is 0.496 e. The lowest BCUT2D eigenvalue weighted by molar-refractivity contribution is -0.120. The van der Waals surface area contributed by atoms with Crippen LogP contribution >= 0.6 is 0 Å². The minimum Gasteiger partial charge on any atom is -0.496 e. The van der Waals surface area contributed by atoms with Crippen LogP contribution in [-0.2, 0) is 19.6 Å². The molecule has 1 N–H and O–H groups in total. The fourth-order valence-corrected chi connectivity index (χ4v) is 3.74. The van der Waals surface area contributed by atoms with Gasteiger partial charge in [0, 0.05) is 13.0 Å². The van der Waals surface area contributed by atoms with Crippen LogP contribution < -0.4 is 9.46 Å². The predicted octanol–water partition coefficient (Wildman–Crippen LogP) is 1.28. The van der Waals surface area contributed by atoms with E-state index in [0.717, 1.165) is 11.3 Å². The molecule has 0 saturated heterocycles. The topological polar surface area (TPSA) is 81.7 Å². The van der Waals surface area contributed by atoms with E-state index in [9.17, 15) is 13.2 Å². The van der Waals surface area contributed by atoms with Gasteiger partial charge in [-0.2, -0.15) is 0 Å². The number of nitrogens with one attached hydrogen (secondary N) is 1. The summed E-state index contributed by atoms with van der Waals surface area (Å²) in [5, 5.41) is 0. The Hall–Kier alpha value is -1.60. The Morgan fingerprint density at radius 2 is 2.05 bits per heavy atom. The van der Waals surface area contributed by atoms with Gasteiger partial charge in [-0.05, 0) is 30.9 Å². The van der Waals surface area contributed by atoms with Crippen LogP contribution in [0.2, 0.25) is 0 Å². The van der Waals surface area contributed by atoms with Crippen LogP contribution in [0, 0.1) is 5.92 Å². The van der Waals surface area contributed by atoms with E-state index < -0.39 is 22.0 Å². The highest BCUT2D eigenvalue weighted by molar-refractivity contribution is 7.90. The van der Waals surface area contributed by atoms with Crippen LogP contribution in [0.25, 0.3) is 0 Å². The molecule has 122 valence electrons. The zero-order valence-electron chi connectivity index (χ0n) is 12.9. The molecule has 6 nitrogen and oxygen atoms in total. The lowest BCUT2D eigenvalue weighted by atomic mass is 10.1. The third-order valence-electron chi connectivity index (χ3n) is 3.78. The third-order valence-corrected chi connectivity index (χ3v) is 5.20. The SMILES string of the molecule is COc1ccccc1[C@@H]1C[C@H]1C(=O)NS(=O)(=O)C[C@@H](C)OC. The highest BCUT2D eigenvalue weighted by Crippen LogP contribution is 2.50. The third kappa shape index (κ3) is 3.98. The van der Waals surface area contributed by atoms with Crippen molar-refractivity contribution in [2.75, 3.05) is 20.0 Å². The molecule has 1 fully saturated rings. The van der Waals surface area contributed by atoms with Crippen LogP contribution in [0.4, 0.5) is 0 Å². The van der Waals surface area contributed by atoms with Gasteiger partial charge in [0.15, 0.2) is 0 Å². The summed E-state index contributed by atoms with van der Waals surface area (Å²) in [5.74, 6) is -0.297. The van der Waals surface area contributed by atoms with E-state index in [4.69, 9.17) is 9.47 Å². The number of ether oxygens (including phenoxy) is 2. The van der Waals surface area contributed by atoms with Gasteiger partial charge in [-0.25, -0.2) is 8.42 Å². The molecule has 0 aromatic heterocycles. The standard InChI is InChI=1S/C15H21NO5S/c1-10(20-2)9-22(18,19)16-15(17)13-8-12(13)11-6-4-5-7-14(11)21-3/h4-7,10,12-13H,8-9H2,1-3H3,(H,16,17)/t10-,12+,13-/m1/s1. The van der Waals surface area contributed by atoms with Crippen molar-refractivity contribution in [3.63, 3.8) is 0 Å². The number of para-hydroxylation sites is 1. The van der Waals surface area contributed by atoms with Crippen molar-refractivity contribution < 1.29 is 22.7 Å². The summed E-state index contributed by atoms with van der Waals surface area (Å²) in [6.45, 7) is 1.64. The molecule has 0 aliphatic heterocycles. The van der Waals surface area contributed by atoms with Gasteiger partial charge in [-0.1, -0.05) is 18.2 Å². The maximum atomic E-state index is 12.1. The first-order valence-corrected chi connectivity index (χ1v) is 8.73. The maximum Gasteiger partial charge on any atom is 0.237 e. The Bertz CT molecular complexity index is 643. The molecule has 1 amide bonds. The van der Waals surface area contributed by atoms with Crippen molar-refractivity contribution in [2.45, 2.75) is 25.4 Å². The number of methoxy groups -OCH3 is 2. The zero-order valence-corrected chi connectivity index (χ0v) is 13.7. The minimum absolute atomic E-state index is 0.00574. The van der Waals surface area contributed by atoms with Gasteiger partial charge in [0.05, 0.1) is 19.0 Å². The van der Waals surface area contributed by atoms with Gasteiger partial charge >= 0.3 is 0 Å². The Morgan fingerprint density at radius 3 is 2.68 bits per heavy atom. The average Bonchev–Trinajstić information content (AvgIpc) is 3.26. The van der Waals surface area contributed by atoms with Crippen molar-refractivity contribution in [3.05, 3.63) is 29.8 Å². The van der Waals surface area contributed by atoms with Gasteiger partial charge < -0.3 is 9.47 Å². The van der Waals surface area contributed by atoms with Crippen molar-refractivity contribution in [1.82, 2.24) is 4.72 Å². The summed E-state index contributed by atoms with van der Waals surface area (Å²) in [6.07, 6.45) is 0.163. The molecular formula is C15H21NO5S. The van der Waals surface area contributed by atoms with E-state index in [2.05, 4.69) is 4.72 Å². The van der Waals surface area contributed by atoms with E-state index in [1.165, 1.54) is 7.11 Å². The molecule has 0 heterocycles. The van der Waals surface area contributed by atoms with Gasteiger partial charge in [0.2, 0.25) is 15.9 Å². The Labute approximate surface area is 130 Å². The second kappa shape index (κ2) is 6.66. The van der Waals surface area contributed by atoms with Crippen molar-refractivity contribution in [1.29, 1.82) is 0 Å². The molecule has 22 heavy (non-hydrogen) atoms. The smallest absolute Gasteiger partial charge is 0.237 e. The van der Waals surface area contributed by atoms with Crippen molar-refractivity contribution >= 4 is 15.9 Å². The minimum atomic E-state index is -3.67. The summed E-state index contributed by atoms with van der Waals surface area (Å²) in [4.78, 5) is 12.1. The average molecular weight is 327 g/mol. The van der Waals surface area contributed by atoms with Crippen molar-refractivity contribution in [3.8, 4) is 5.75 Å². The molecular weight excluding hydrogens is 306 g/mol. The molecule has 1 aromatic carbocycles. The van der Waals surface area contributed by atoms with Crippen LogP contribution in [0.3, 0.4) is 0 Å². The van der Waals surface area contributed by atoms with Crippen LogP contribution in [0.5, 0.6) is 5.75 Å².